The van der Waals surface area contributed by atoms with Crippen LogP contribution in [0.2, 0.25) is 0 Å². The molecule has 2 unspecified atom stereocenters. The second kappa shape index (κ2) is 17.1. The molecular formula is C41H38N4O8. The average molecular weight is 715 g/mol. The standard InChI is InChI=1S/C41H38N4O8/c46-36(52-27-30-15-6-2-7-16-30)23-22-35(44-38(48)32-19-10-11-20-33(32)39(44)49)40(50)45-34(37(47)42-25-24-29-13-4-1-5-14-29)21-12-26-43(45)41(51)53-28-31-17-8-3-9-18-31/h1-20,26,34-35H,21-25,27-28H2,(H,42,47). The highest BCUT2D eigenvalue weighted by Gasteiger charge is 2.48. The number of hydrogen-bond acceptors (Lipinski definition) is 8. The fourth-order valence-corrected chi connectivity index (χ4v) is 6.19. The van der Waals surface area contributed by atoms with E-state index in [9.17, 15) is 28.8 Å². The Labute approximate surface area is 306 Å². The molecule has 2 atom stereocenters. The molecule has 0 bridgehead atoms. The number of imide groups is 1. The summed E-state index contributed by atoms with van der Waals surface area (Å²) in [6.45, 7) is 0.0855. The molecule has 4 aromatic carbocycles. The number of amides is 5. The van der Waals surface area contributed by atoms with Gasteiger partial charge in [0, 0.05) is 19.2 Å². The van der Waals surface area contributed by atoms with Crippen LogP contribution in [0.5, 0.6) is 0 Å². The van der Waals surface area contributed by atoms with E-state index in [2.05, 4.69) is 5.32 Å². The van der Waals surface area contributed by atoms with Crippen molar-refractivity contribution in [2.45, 2.75) is 51.0 Å². The summed E-state index contributed by atoms with van der Waals surface area (Å²) in [5.74, 6) is -3.65. The molecule has 2 aliphatic heterocycles. The van der Waals surface area contributed by atoms with Crippen molar-refractivity contribution >= 4 is 35.7 Å². The van der Waals surface area contributed by atoms with Crippen molar-refractivity contribution < 1.29 is 38.2 Å². The number of rotatable bonds is 13. The summed E-state index contributed by atoms with van der Waals surface area (Å²) in [6.07, 6.45) is 1.73. The predicted molar refractivity (Wildman–Crippen MR) is 192 cm³/mol. The number of ether oxygens (including phenoxy) is 2. The summed E-state index contributed by atoms with van der Waals surface area (Å²) in [7, 11) is 0. The minimum absolute atomic E-state index is 0.0132. The third kappa shape index (κ3) is 8.67. The van der Waals surface area contributed by atoms with Crippen molar-refractivity contribution in [3.8, 4) is 0 Å². The summed E-state index contributed by atoms with van der Waals surface area (Å²) in [4.78, 5) is 83.8. The molecule has 6 rings (SSSR count). The second-order valence-corrected chi connectivity index (χ2v) is 12.5. The van der Waals surface area contributed by atoms with Crippen molar-refractivity contribution in [3.63, 3.8) is 0 Å². The Morgan fingerprint density at radius 2 is 1.23 bits per heavy atom. The molecule has 2 heterocycles. The minimum atomic E-state index is -1.60. The molecule has 12 nitrogen and oxygen atoms in total. The third-order valence-corrected chi connectivity index (χ3v) is 8.90. The molecule has 0 radical (unpaired) electrons. The van der Waals surface area contributed by atoms with Crippen LogP contribution in [-0.2, 0) is 43.5 Å². The van der Waals surface area contributed by atoms with E-state index in [0.29, 0.717) is 12.0 Å². The zero-order chi connectivity index (χ0) is 37.2. The van der Waals surface area contributed by atoms with Gasteiger partial charge in [0.1, 0.15) is 25.3 Å². The van der Waals surface area contributed by atoms with E-state index < -0.39 is 47.8 Å². The first-order valence-electron chi connectivity index (χ1n) is 17.3. The van der Waals surface area contributed by atoms with Gasteiger partial charge >= 0.3 is 12.1 Å². The van der Waals surface area contributed by atoms with Crippen LogP contribution in [0.15, 0.2) is 128 Å². The van der Waals surface area contributed by atoms with Gasteiger partial charge in [-0.1, -0.05) is 109 Å². The van der Waals surface area contributed by atoms with Crippen molar-refractivity contribution in [3.05, 3.63) is 155 Å². The quantitative estimate of drug-likeness (QED) is 0.147. The Morgan fingerprint density at radius 1 is 0.698 bits per heavy atom. The number of nitrogens with one attached hydrogen (secondary N) is 1. The number of benzene rings is 4. The zero-order valence-corrected chi connectivity index (χ0v) is 28.8. The number of hydrogen-bond donors (Lipinski definition) is 1. The highest BCUT2D eigenvalue weighted by molar-refractivity contribution is 6.23. The second-order valence-electron chi connectivity index (χ2n) is 12.5. The number of nitrogens with zero attached hydrogens (tertiary/aromatic N) is 3. The highest BCUT2D eigenvalue weighted by Crippen LogP contribution is 2.29. The molecule has 0 spiro atoms. The van der Waals surface area contributed by atoms with Gasteiger partial charge in [-0.3, -0.25) is 28.9 Å². The van der Waals surface area contributed by atoms with Gasteiger partial charge in [-0.05, 0) is 48.1 Å². The molecule has 0 aliphatic carbocycles. The lowest BCUT2D eigenvalue weighted by molar-refractivity contribution is -0.159. The maximum Gasteiger partial charge on any atom is 0.433 e. The Hall–Kier alpha value is -6.56. The van der Waals surface area contributed by atoms with Crippen LogP contribution in [0.3, 0.4) is 0 Å². The minimum Gasteiger partial charge on any atom is -0.461 e. The molecule has 2 aliphatic rings. The van der Waals surface area contributed by atoms with E-state index >= 15 is 0 Å². The molecule has 53 heavy (non-hydrogen) atoms. The highest BCUT2D eigenvalue weighted by atomic mass is 16.6. The maximum absolute atomic E-state index is 14.9. The maximum atomic E-state index is 14.9. The summed E-state index contributed by atoms with van der Waals surface area (Å²) in [6, 6.07) is 30.7. The van der Waals surface area contributed by atoms with Gasteiger partial charge in [0.25, 0.3) is 17.7 Å². The van der Waals surface area contributed by atoms with Gasteiger partial charge in [0.15, 0.2) is 0 Å². The van der Waals surface area contributed by atoms with E-state index in [1.807, 2.05) is 42.5 Å². The Morgan fingerprint density at radius 3 is 1.81 bits per heavy atom. The van der Waals surface area contributed by atoms with E-state index in [4.69, 9.17) is 9.47 Å². The number of carbonyl (C=O) groups is 6. The summed E-state index contributed by atoms with van der Waals surface area (Å²) in [5.41, 5.74) is 2.61. The molecule has 270 valence electrons. The Bertz CT molecular complexity index is 1950. The van der Waals surface area contributed by atoms with Crippen LogP contribution < -0.4 is 5.32 Å². The smallest absolute Gasteiger partial charge is 0.433 e. The fraction of sp³-hybridized carbons (Fsp3) is 0.220. The monoisotopic (exact) mass is 714 g/mol. The summed E-state index contributed by atoms with van der Waals surface area (Å²) >= 11 is 0. The Kier molecular flexibility index (Phi) is 11.7. The van der Waals surface area contributed by atoms with Gasteiger partial charge in [0.2, 0.25) is 5.91 Å². The van der Waals surface area contributed by atoms with E-state index in [-0.39, 0.29) is 50.1 Å². The number of hydrazine groups is 1. The van der Waals surface area contributed by atoms with Crippen LogP contribution in [0.25, 0.3) is 0 Å². The normalized spacial score (nSPS) is 15.5. The van der Waals surface area contributed by atoms with Gasteiger partial charge in [-0.2, -0.15) is 5.01 Å². The van der Waals surface area contributed by atoms with Crippen LogP contribution >= 0.6 is 0 Å². The molecule has 0 fully saturated rings. The van der Waals surface area contributed by atoms with Crippen LogP contribution in [0.4, 0.5) is 4.79 Å². The first-order valence-corrected chi connectivity index (χ1v) is 17.3. The lowest BCUT2D eigenvalue weighted by atomic mass is 10.0. The van der Waals surface area contributed by atoms with Gasteiger partial charge < -0.3 is 14.8 Å². The molecule has 12 heteroatoms. The van der Waals surface area contributed by atoms with E-state index in [1.165, 1.54) is 18.3 Å². The van der Waals surface area contributed by atoms with Crippen LogP contribution in [0.1, 0.15) is 56.7 Å². The van der Waals surface area contributed by atoms with Crippen molar-refractivity contribution in [2.75, 3.05) is 6.54 Å². The topological polar surface area (TPSA) is 143 Å². The molecule has 0 saturated heterocycles. The SMILES string of the molecule is O=C(CCC(C(=O)N1C(C(=O)NCCc2ccccc2)CC=CN1C(=O)OCc1ccccc1)N1C(=O)c2ccccc2C1=O)OCc1ccccc1. The molecule has 0 saturated carbocycles. The third-order valence-electron chi connectivity index (χ3n) is 8.90. The van der Waals surface area contributed by atoms with Gasteiger partial charge in [-0.25, -0.2) is 9.80 Å². The summed E-state index contributed by atoms with van der Waals surface area (Å²) in [5, 5.41) is 4.67. The van der Waals surface area contributed by atoms with Gasteiger partial charge in [0.05, 0.1) is 11.1 Å². The van der Waals surface area contributed by atoms with Crippen molar-refractivity contribution in [2.24, 2.45) is 0 Å². The Balaban J connectivity index is 1.28. The van der Waals surface area contributed by atoms with Crippen LogP contribution in [-0.4, -0.2) is 69.2 Å². The molecular weight excluding hydrogens is 676 g/mol. The van der Waals surface area contributed by atoms with Crippen LogP contribution in [0, 0.1) is 0 Å². The average Bonchev–Trinajstić information content (AvgIpc) is 3.45. The first-order chi connectivity index (χ1) is 25.8. The molecule has 1 N–H and O–H groups in total. The summed E-state index contributed by atoms with van der Waals surface area (Å²) < 4.78 is 11.0. The molecule has 0 aromatic heterocycles. The van der Waals surface area contributed by atoms with Gasteiger partial charge in [-0.15, -0.1) is 0 Å². The van der Waals surface area contributed by atoms with Crippen molar-refractivity contribution in [1.82, 2.24) is 20.2 Å². The first kappa shape index (κ1) is 36.2. The molecule has 4 aromatic rings. The lowest BCUT2D eigenvalue weighted by Gasteiger charge is -2.41. The zero-order valence-electron chi connectivity index (χ0n) is 28.8. The van der Waals surface area contributed by atoms with E-state index in [0.717, 1.165) is 26.0 Å². The fourth-order valence-electron chi connectivity index (χ4n) is 6.19. The number of fused-ring (bicyclic) bond motifs is 1. The largest absolute Gasteiger partial charge is 0.461 e. The van der Waals surface area contributed by atoms with E-state index in [1.54, 1.807) is 66.7 Å². The number of carbonyl (C=O) groups excluding carboxylic acids is 6. The number of esters is 1. The molecule has 5 amide bonds. The predicted octanol–water partition coefficient (Wildman–Crippen LogP) is 5.20. The lowest BCUT2D eigenvalue weighted by Crippen LogP contribution is -2.63. The van der Waals surface area contributed by atoms with Crippen molar-refractivity contribution in [1.29, 1.82) is 0 Å².